The highest BCUT2D eigenvalue weighted by molar-refractivity contribution is 7.89. The molecule has 0 amide bonds. The van der Waals surface area contributed by atoms with Crippen molar-refractivity contribution in [1.82, 2.24) is 14.6 Å². The van der Waals surface area contributed by atoms with E-state index >= 15 is 0 Å². The third-order valence-electron chi connectivity index (χ3n) is 4.20. The molecular formula is C16H22ClN3O2S2. The topological polar surface area (TPSA) is 62.3 Å². The van der Waals surface area contributed by atoms with Crippen LogP contribution in [0.5, 0.6) is 0 Å². The van der Waals surface area contributed by atoms with Crippen LogP contribution in [0.2, 0.25) is 0 Å². The molecule has 1 N–H and O–H groups in total. The van der Waals surface area contributed by atoms with Crippen molar-refractivity contribution in [2.75, 3.05) is 20.1 Å². The van der Waals surface area contributed by atoms with E-state index in [9.17, 15) is 8.42 Å². The zero-order chi connectivity index (χ0) is 16.4. The summed E-state index contributed by atoms with van der Waals surface area (Å²) in [5.74, 6) is 0. The van der Waals surface area contributed by atoms with Crippen LogP contribution in [0.1, 0.15) is 18.5 Å². The van der Waals surface area contributed by atoms with Crippen LogP contribution < -0.4 is 5.32 Å². The van der Waals surface area contributed by atoms with Crippen molar-refractivity contribution in [1.29, 1.82) is 0 Å². The van der Waals surface area contributed by atoms with E-state index < -0.39 is 10.0 Å². The lowest BCUT2D eigenvalue weighted by atomic mass is 10.1. The molecule has 0 aliphatic carbocycles. The zero-order valence-corrected chi connectivity index (χ0v) is 16.2. The fourth-order valence-electron chi connectivity index (χ4n) is 2.81. The fourth-order valence-corrected chi connectivity index (χ4v) is 5.07. The van der Waals surface area contributed by atoms with Crippen LogP contribution in [-0.2, 0) is 10.0 Å². The Labute approximate surface area is 153 Å². The fraction of sp³-hybridized carbons (Fsp3) is 0.438. The number of halogens is 1. The molecule has 0 spiro atoms. The summed E-state index contributed by atoms with van der Waals surface area (Å²) in [7, 11) is -1.79. The van der Waals surface area contributed by atoms with Crippen molar-refractivity contribution < 1.29 is 8.42 Å². The van der Waals surface area contributed by atoms with E-state index in [0.29, 0.717) is 4.90 Å². The molecule has 0 radical (unpaired) electrons. The average Bonchev–Trinajstić information content (AvgIpc) is 3.01. The lowest BCUT2D eigenvalue weighted by Gasteiger charge is -2.30. The highest BCUT2D eigenvalue weighted by atomic mass is 35.5. The van der Waals surface area contributed by atoms with Gasteiger partial charge in [-0.3, -0.25) is 0 Å². The van der Waals surface area contributed by atoms with Gasteiger partial charge in [0.1, 0.15) is 5.01 Å². The van der Waals surface area contributed by atoms with Gasteiger partial charge in [-0.2, -0.15) is 4.31 Å². The number of nitrogens with one attached hydrogen (secondary N) is 1. The Kier molecular flexibility index (Phi) is 6.39. The standard InChI is InChI=1S/C16H21N3O2S2.ClH/c1-12-11-22-16(18-12)13-4-3-5-15(10-13)23(20,21)19(2)14-6-8-17-9-7-14;/h3-5,10-11,14,17H,6-9H2,1-2H3;1H. The predicted octanol–water partition coefficient (Wildman–Crippen LogP) is 2.91. The van der Waals surface area contributed by atoms with Crippen molar-refractivity contribution in [3.8, 4) is 10.6 Å². The first-order valence-electron chi connectivity index (χ1n) is 7.70. The van der Waals surface area contributed by atoms with Crippen molar-refractivity contribution in [2.45, 2.75) is 30.7 Å². The largest absolute Gasteiger partial charge is 0.317 e. The third kappa shape index (κ3) is 3.97. The molecule has 1 aromatic heterocycles. The van der Waals surface area contributed by atoms with Gasteiger partial charge in [-0.05, 0) is 45.0 Å². The van der Waals surface area contributed by atoms with Crippen LogP contribution >= 0.6 is 23.7 Å². The van der Waals surface area contributed by atoms with Gasteiger partial charge in [0.25, 0.3) is 0 Å². The van der Waals surface area contributed by atoms with Gasteiger partial charge in [0, 0.05) is 29.7 Å². The lowest BCUT2D eigenvalue weighted by molar-refractivity contribution is 0.296. The van der Waals surface area contributed by atoms with Gasteiger partial charge in [-0.15, -0.1) is 23.7 Å². The summed E-state index contributed by atoms with van der Waals surface area (Å²) in [5.41, 5.74) is 1.80. The zero-order valence-electron chi connectivity index (χ0n) is 13.7. The van der Waals surface area contributed by atoms with E-state index in [1.807, 2.05) is 18.4 Å². The molecule has 24 heavy (non-hydrogen) atoms. The summed E-state index contributed by atoms with van der Waals surface area (Å²) in [6, 6.07) is 7.14. The molecule has 5 nitrogen and oxygen atoms in total. The number of thiazole rings is 1. The molecule has 2 aromatic rings. The SMILES string of the molecule is Cc1csc(-c2cccc(S(=O)(=O)N(C)C3CCNCC3)c2)n1.Cl. The number of hydrogen-bond donors (Lipinski definition) is 1. The van der Waals surface area contributed by atoms with E-state index in [2.05, 4.69) is 10.3 Å². The molecular weight excluding hydrogens is 366 g/mol. The van der Waals surface area contributed by atoms with Gasteiger partial charge in [-0.1, -0.05) is 12.1 Å². The van der Waals surface area contributed by atoms with Crippen LogP contribution in [0.25, 0.3) is 10.6 Å². The molecule has 1 aromatic carbocycles. The van der Waals surface area contributed by atoms with Gasteiger partial charge in [0.2, 0.25) is 10.0 Å². The van der Waals surface area contributed by atoms with Crippen LogP contribution in [0.15, 0.2) is 34.5 Å². The number of aryl methyl sites for hydroxylation is 1. The molecule has 1 fully saturated rings. The monoisotopic (exact) mass is 387 g/mol. The van der Waals surface area contributed by atoms with Crippen LogP contribution in [0.4, 0.5) is 0 Å². The predicted molar refractivity (Wildman–Crippen MR) is 100 cm³/mol. The van der Waals surface area contributed by atoms with E-state index in [1.165, 1.54) is 15.6 Å². The number of aromatic nitrogens is 1. The number of benzene rings is 1. The van der Waals surface area contributed by atoms with Crippen molar-refractivity contribution >= 4 is 33.8 Å². The first kappa shape index (κ1) is 19.3. The maximum Gasteiger partial charge on any atom is 0.243 e. The maximum atomic E-state index is 12.9. The van der Waals surface area contributed by atoms with Gasteiger partial charge < -0.3 is 5.32 Å². The summed E-state index contributed by atoms with van der Waals surface area (Å²) < 4.78 is 27.3. The minimum Gasteiger partial charge on any atom is -0.317 e. The van der Waals surface area contributed by atoms with Gasteiger partial charge in [0.05, 0.1) is 4.90 Å². The molecule has 132 valence electrons. The number of nitrogens with zero attached hydrogens (tertiary/aromatic N) is 2. The molecule has 1 aliphatic heterocycles. The summed E-state index contributed by atoms with van der Waals surface area (Å²) >= 11 is 1.53. The molecule has 1 saturated heterocycles. The number of rotatable bonds is 4. The van der Waals surface area contributed by atoms with Crippen molar-refractivity contribution in [2.24, 2.45) is 0 Å². The molecule has 8 heteroatoms. The Hall–Kier alpha value is -0.990. The summed E-state index contributed by atoms with van der Waals surface area (Å²) in [4.78, 5) is 4.78. The minimum atomic E-state index is -3.48. The van der Waals surface area contributed by atoms with Crippen molar-refractivity contribution in [3.63, 3.8) is 0 Å². The Morgan fingerprint density at radius 1 is 1.29 bits per heavy atom. The Morgan fingerprint density at radius 3 is 2.62 bits per heavy atom. The molecule has 0 bridgehead atoms. The van der Waals surface area contributed by atoms with Gasteiger partial charge in [0.15, 0.2) is 0 Å². The van der Waals surface area contributed by atoms with Gasteiger partial charge in [-0.25, -0.2) is 13.4 Å². The second-order valence-electron chi connectivity index (χ2n) is 5.82. The minimum absolute atomic E-state index is 0. The number of piperidine rings is 1. The average molecular weight is 388 g/mol. The maximum absolute atomic E-state index is 12.9. The molecule has 0 saturated carbocycles. The van der Waals surface area contributed by atoms with Crippen LogP contribution in [0, 0.1) is 6.92 Å². The van der Waals surface area contributed by atoms with E-state index in [1.54, 1.807) is 25.2 Å². The lowest BCUT2D eigenvalue weighted by Crippen LogP contribution is -2.43. The van der Waals surface area contributed by atoms with E-state index in [-0.39, 0.29) is 18.4 Å². The smallest absolute Gasteiger partial charge is 0.243 e. The molecule has 1 aliphatic rings. The third-order valence-corrected chi connectivity index (χ3v) is 7.12. The Balaban J connectivity index is 0.00000208. The molecule has 3 rings (SSSR count). The second-order valence-corrected chi connectivity index (χ2v) is 8.68. The number of hydrogen-bond acceptors (Lipinski definition) is 5. The van der Waals surface area contributed by atoms with Crippen molar-refractivity contribution in [3.05, 3.63) is 35.3 Å². The van der Waals surface area contributed by atoms with E-state index in [0.717, 1.165) is 42.2 Å². The van der Waals surface area contributed by atoms with Crippen LogP contribution in [0.3, 0.4) is 0 Å². The molecule has 0 unspecified atom stereocenters. The summed E-state index contributed by atoms with van der Waals surface area (Å²) in [5, 5.41) is 6.09. The van der Waals surface area contributed by atoms with Crippen LogP contribution in [-0.4, -0.2) is 43.9 Å². The normalized spacial score (nSPS) is 16.1. The first-order valence-corrected chi connectivity index (χ1v) is 10.0. The summed E-state index contributed by atoms with van der Waals surface area (Å²) in [6.45, 7) is 3.66. The molecule has 0 atom stereocenters. The Bertz CT molecular complexity index is 786. The highest BCUT2D eigenvalue weighted by Gasteiger charge is 2.29. The van der Waals surface area contributed by atoms with E-state index in [4.69, 9.17) is 0 Å². The molecule has 2 heterocycles. The number of sulfonamides is 1. The Morgan fingerprint density at radius 2 is 2.00 bits per heavy atom. The second kappa shape index (κ2) is 7.93. The highest BCUT2D eigenvalue weighted by Crippen LogP contribution is 2.28. The summed E-state index contributed by atoms with van der Waals surface area (Å²) in [6.07, 6.45) is 1.70. The first-order chi connectivity index (χ1) is 11.0. The quantitative estimate of drug-likeness (QED) is 0.876. The van der Waals surface area contributed by atoms with Gasteiger partial charge >= 0.3 is 0 Å².